The molecule has 1 amide bonds. The van der Waals surface area contributed by atoms with E-state index < -0.39 is 23.6 Å². The number of hydrogen-bond donors (Lipinski definition) is 3. The second kappa shape index (κ2) is 8.91. The number of carbonyl (C=O) groups excluding carboxylic acids is 1. The first kappa shape index (κ1) is 23.1. The Morgan fingerprint density at radius 1 is 1.12 bits per heavy atom. The smallest absolute Gasteiger partial charge is 0.417 e. The topological polar surface area (TPSA) is 98.4 Å². The lowest BCUT2D eigenvalue weighted by atomic mass is 10.1. The Hall–Kier alpha value is -3.53. The number of amides is 1. The third-order valence-corrected chi connectivity index (χ3v) is 4.84. The number of aromatic nitrogens is 1. The van der Waals surface area contributed by atoms with Crippen molar-refractivity contribution < 1.29 is 22.7 Å². The van der Waals surface area contributed by atoms with Crippen molar-refractivity contribution in [1.82, 2.24) is 14.8 Å². The van der Waals surface area contributed by atoms with E-state index in [1.807, 2.05) is 43.3 Å². The average Bonchev–Trinajstić information content (AvgIpc) is 3.15. The van der Waals surface area contributed by atoms with Crippen LogP contribution in [-0.2, 0) is 19.3 Å². The van der Waals surface area contributed by atoms with Gasteiger partial charge >= 0.3 is 6.18 Å². The number of H-pyrrole nitrogens is 1. The van der Waals surface area contributed by atoms with Crippen molar-refractivity contribution in [2.75, 3.05) is 21.1 Å². The quantitative estimate of drug-likeness (QED) is 0.396. The SMILES string of the molecule is CN(C)Cc1cccc(COc2ccc(C(F)(F)F)c3cc(C(=O)N(C)C(=N)N)[nH]c23)c1. The summed E-state index contributed by atoms with van der Waals surface area (Å²) in [6.45, 7) is 0.877. The van der Waals surface area contributed by atoms with Crippen LogP contribution in [0.2, 0.25) is 0 Å². The van der Waals surface area contributed by atoms with Gasteiger partial charge in [0, 0.05) is 19.0 Å². The van der Waals surface area contributed by atoms with Crippen LogP contribution < -0.4 is 10.5 Å². The molecule has 32 heavy (non-hydrogen) atoms. The van der Waals surface area contributed by atoms with Gasteiger partial charge in [-0.3, -0.25) is 15.1 Å². The Morgan fingerprint density at radius 2 is 1.81 bits per heavy atom. The Morgan fingerprint density at radius 3 is 2.44 bits per heavy atom. The second-order valence-corrected chi connectivity index (χ2v) is 7.68. The highest BCUT2D eigenvalue weighted by atomic mass is 19.4. The molecule has 170 valence electrons. The van der Waals surface area contributed by atoms with E-state index in [1.54, 1.807) is 0 Å². The standard InChI is InChI=1S/C22H24F3N5O2/c1-29(2)11-13-5-4-6-14(9-13)12-32-18-8-7-16(22(23,24)25)15-10-17(28-19(15)18)20(31)30(3)21(26)27/h4-10,28H,11-12H2,1-3H3,(H3,26,27). The summed E-state index contributed by atoms with van der Waals surface area (Å²) in [6.07, 6.45) is -4.62. The number of nitrogens with two attached hydrogens (primary N) is 1. The van der Waals surface area contributed by atoms with E-state index >= 15 is 0 Å². The fourth-order valence-electron chi connectivity index (χ4n) is 3.31. The highest BCUT2D eigenvalue weighted by molar-refractivity contribution is 6.06. The Bertz CT molecular complexity index is 1150. The average molecular weight is 447 g/mol. The first-order valence-corrected chi connectivity index (χ1v) is 9.67. The number of ether oxygens (including phenoxy) is 1. The molecule has 1 aromatic heterocycles. The summed E-state index contributed by atoms with van der Waals surface area (Å²) in [6, 6.07) is 11.0. The van der Waals surface area contributed by atoms with Gasteiger partial charge in [0.15, 0.2) is 5.96 Å². The van der Waals surface area contributed by atoms with Gasteiger partial charge in [0.1, 0.15) is 18.1 Å². The summed E-state index contributed by atoms with van der Waals surface area (Å²) in [7, 11) is 5.17. The molecule has 0 bridgehead atoms. The number of nitrogens with zero attached hydrogens (tertiary/aromatic N) is 2. The lowest BCUT2D eigenvalue weighted by molar-refractivity contribution is -0.136. The highest BCUT2D eigenvalue weighted by Gasteiger charge is 2.34. The summed E-state index contributed by atoms with van der Waals surface area (Å²) in [5.74, 6) is -1.08. The first-order valence-electron chi connectivity index (χ1n) is 9.67. The van der Waals surface area contributed by atoms with Gasteiger partial charge in [-0.2, -0.15) is 13.2 Å². The lowest BCUT2D eigenvalue weighted by Gasteiger charge is -2.13. The number of carbonyl (C=O) groups is 1. The lowest BCUT2D eigenvalue weighted by Crippen LogP contribution is -2.38. The molecule has 1 heterocycles. The monoisotopic (exact) mass is 447 g/mol. The maximum atomic E-state index is 13.5. The molecule has 2 aromatic carbocycles. The predicted octanol–water partition coefficient (Wildman–Crippen LogP) is 3.79. The van der Waals surface area contributed by atoms with E-state index in [-0.39, 0.29) is 29.0 Å². The molecule has 7 nitrogen and oxygen atoms in total. The highest BCUT2D eigenvalue weighted by Crippen LogP contribution is 2.39. The van der Waals surface area contributed by atoms with Gasteiger partial charge in [-0.25, -0.2) is 0 Å². The number of hydrogen-bond acceptors (Lipinski definition) is 4. The van der Waals surface area contributed by atoms with Crippen LogP contribution in [-0.4, -0.2) is 47.8 Å². The molecule has 0 spiro atoms. The van der Waals surface area contributed by atoms with Gasteiger partial charge < -0.3 is 20.4 Å². The van der Waals surface area contributed by atoms with Crippen molar-refractivity contribution in [2.24, 2.45) is 5.73 Å². The number of halogens is 3. The van der Waals surface area contributed by atoms with Crippen molar-refractivity contribution in [3.63, 3.8) is 0 Å². The molecule has 0 saturated carbocycles. The minimum atomic E-state index is -4.62. The zero-order chi connectivity index (χ0) is 23.6. The normalized spacial score (nSPS) is 11.7. The molecule has 0 unspecified atom stereocenters. The van der Waals surface area contributed by atoms with Crippen molar-refractivity contribution in [1.29, 1.82) is 5.41 Å². The number of nitrogens with one attached hydrogen (secondary N) is 2. The minimum absolute atomic E-state index is 0.0459. The van der Waals surface area contributed by atoms with Gasteiger partial charge in [0.25, 0.3) is 5.91 Å². The van der Waals surface area contributed by atoms with Crippen molar-refractivity contribution in [3.8, 4) is 5.75 Å². The number of aromatic amines is 1. The number of rotatable bonds is 6. The molecule has 10 heteroatoms. The molecule has 0 saturated heterocycles. The molecule has 0 aliphatic carbocycles. The predicted molar refractivity (Wildman–Crippen MR) is 115 cm³/mol. The number of fused-ring (bicyclic) bond motifs is 1. The number of benzene rings is 2. The molecule has 0 fully saturated rings. The van der Waals surface area contributed by atoms with Crippen LogP contribution in [0.15, 0.2) is 42.5 Å². The minimum Gasteiger partial charge on any atom is -0.487 e. The van der Waals surface area contributed by atoms with Gasteiger partial charge in [0.05, 0.1) is 11.1 Å². The van der Waals surface area contributed by atoms with Gasteiger partial charge in [-0.15, -0.1) is 0 Å². The molecule has 0 aliphatic rings. The van der Waals surface area contributed by atoms with Crippen LogP contribution in [0, 0.1) is 5.41 Å². The molecular formula is C22H24F3N5O2. The Balaban J connectivity index is 1.97. The van der Waals surface area contributed by atoms with Crippen LogP contribution in [0.1, 0.15) is 27.2 Å². The Labute approximate surface area is 183 Å². The number of guanidine groups is 1. The number of alkyl halides is 3. The van der Waals surface area contributed by atoms with Crippen LogP contribution in [0.25, 0.3) is 10.9 Å². The van der Waals surface area contributed by atoms with Crippen molar-refractivity contribution >= 4 is 22.8 Å². The summed E-state index contributed by atoms with van der Waals surface area (Å²) in [5.41, 5.74) is 6.27. The summed E-state index contributed by atoms with van der Waals surface area (Å²) in [4.78, 5) is 18.0. The van der Waals surface area contributed by atoms with E-state index in [2.05, 4.69) is 4.98 Å². The molecule has 0 aliphatic heterocycles. The van der Waals surface area contributed by atoms with E-state index in [0.29, 0.717) is 0 Å². The van der Waals surface area contributed by atoms with Crippen LogP contribution in [0.5, 0.6) is 5.75 Å². The first-order chi connectivity index (χ1) is 15.0. The molecular weight excluding hydrogens is 423 g/mol. The van der Waals surface area contributed by atoms with Crippen molar-refractivity contribution in [2.45, 2.75) is 19.3 Å². The maximum Gasteiger partial charge on any atom is 0.417 e. The van der Waals surface area contributed by atoms with Gasteiger partial charge in [-0.05, 0) is 43.4 Å². The van der Waals surface area contributed by atoms with E-state index in [4.69, 9.17) is 15.9 Å². The molecule has 3 rings (SSSR count). The Kier molecular flexibility index (Phi) is 6.45. The zero-order valence-electron chi connectivity index (χ0n) is 17.9. The van der Waals surface area contributed by atoms with Crippen LogP contribution >= 0.6 is 0 Å². The fourth-order valence-corrected chi connectivity index (χ4v) is 3.31. The molecule has 0 radical (unpaired) electrons. The maximum absolute atomic E-state index is 13.5. The molecule has 3 aromatic rings. The largest absolute Gasteiger partial charge is 0.487 e. The summed E-state index contributed by atoms with van der Waals surface area (Å²) >= 11 is 0. The zero-order valence-corrected chi connectivity index (χ0v) is 17.9. The van der Waals surface area contributed by atoms with Gasteiger partial charge in [0.2, 0.25) is 0 Å². The van der Waals surface area contributed by atoms with Crippen molar-refractivity contribution in [3.05, 3.63) is 64.8 Å². The van der Waals surface area contributed by atoms with E-state index in [1.165, 1.54) is 13.1 Å². The van der Waals surface area contributed by atoms with E-state index in [0.717, 1.165) is 34.7 Å². The molecule has 0 atom stereocenters. The summed E-state index contributed by atoms with van der Waals surface area (Å²) < 4.78 is 46.4. The third kappa shape index (κ3) is 5.02. The van der Waals surface area contributed by atoms with Crippen LogP contribution in [0.4, 0.5) is 13.2 Å². The second-order valence-electron chi connectivity index (χ2n) is 7.68. The fraction of sp³-hybridized carbons (Fsp3) is 0.273. The third-order valence-electron chi connectivity index (χ3n) is 4.84. The van der Waals surface area contributed by atoms with E-state index in [9.17, 15) is 18.0 Å². The van der Waals surface area contributed by atoms with Crippen LogP contribution in [0.3, 0.4) is 0 Å². The summed E-state index contributed by atoms with van der Waals surface area (Å²) in [5, 5.41) is 7.18. The molecule has 4 N–H and O–H groups in total. The van der Waals surface area contributed by atoms with Gasteiger partial charge in [-0.1, -0.05) is 24.3 Å².